The maximum Gasteiger partial charge on any atom is 0.0628 e. The number of thioether (sulfide) groups is 1. The molecule has 4 unspecified atom stereocenters. The lowest BCUT2D eigenvalue weighted by Gasteiger charge is -2.26. The molecule has 1 rings (SSSR count). The van der Waals surface area contributed by atoms with Crippen molar-refractivity contribution >= 4 is 39.0 Å². The lowest BCUT2D eigenvalue weighted by atomic mass is 10.1. The first-order valence-corrected chi connectivity index (χ1v) is 8.40. The van der Waals surface area contributed by atoms with Crippen molar-refractivity contribution in [3.63, 3.8) is 0 Å². The fourth-order valence-corrected chi connectivity index (χ4v) is 4.53. The van der Waals surface area contributed by atoms with E-state index in [4.69, 9.17) is 5.73 Å². The lowest BCUT2D eigenvalue weighted by Crippen LogP contribution is -2.28. The summed E-state index contributed by atoms with van der Waals surface area (Å²) in [6.07, 6.45) is 0.634. The molecule has 0 saturated carbocycles. The Morgan fingerprint density at radius 2 is 2.18 bits per heavy atom. The van der Waals surface area contributed by atoms with Crippen molar-refractivity contribution in [1.29, 1.82) is 0 Å². The van der Waals surface area contributed by atoms with Crippen LogP contribution in [-0.2, 0) is 0 Å². The number of thiophene rings is 1. The Kier molecular flexibility index (Phi) is 6.51. The highest BCUT2D eigenvalue weighted by molar-refractivity contribution is 9.10. The molecule has 0 aliphatic carbocycles. The molecule has 0 spiro atoms. The molecule has 0 bridgehead atoms. The molecule has 4 atom stereocenters. The minimum Gasteiger partial charge on any atom is -0.392 e. The summed E-state index contributed by atoms with van der Waals surface area (Å²) in [6, 6.07) is 2.26. The first-order chi connectivity index (χ1) is 7.95. The van der Waals surface area contributed by atoms with Crippen LogP contribution >= 0.6 is 39.0 Å². The van der Waals surface area contributed by atoms with Crippen LogP contribution in [-0.4, -0.2) is 22.5 Å². The summed E-state index contributed by atoms with van der Waals surface area (Å²) in [5, 5.41) is 12.1. The highest BCUT2D eigenvalue weighted by atomic mass is 79.9. The summed E-state index contributed by atoms with van der Waals surface area (Å²) in [4.78, 5) is 1.28. The van der Waals surface area contributed by atoms with Crippen LogP contribution in [0.15, 0.2) is 15.9 Å². The fourth-order valence-electron chi connectivity index (χ4n) is 1.42. The van der Waals surface area contributed by atoms with Gasteiger partial charge in [0.25, 0.3) is 0 Å². The van der Waals surface area contributed by atoms with Crippen LogP contribution in [0.4, 0.5) is 0 Å². The SMILES string of the molecule is CCC(N)C(SC(C)C(C)O)c1cc(Br)cs1. The van der Waals surface area contributed by atoms with Gasteiger partial charge in [-0.05, 0) is 35.3 Å². The molecule has 1 aromatic heterocycles. The number of halogens is 1. The van der Waals surface area contributed by atoms with E-state index in [2.05, 4.69) is 34.3 Å². The Morgan fingerprint density at radius 3 is 2.59 bits per heavy atom. The van der Waals surface area contributed by atoms with Gasteiger partial charge < -0.3 is 10.8 Å². The van der Waals surface area contributed by atoms with Crippen molar-refractivity contribution in [2.24, 2.45) is 5.73 Å². The number of nitrogens with two attached hydrogens (primary N) is 1. The van der Waals surface area contributed by atoms with E-state index in [1.165, 1.54) is 4.88 Å². The molecule has 1 aromatic rings. The quantitative estimate of drug-likeness (QED) is 0.829. The number of hydrogen-bond acceptors (Lipinski definition) is 4. The molecular weight excluding hydrogens is 318 g/mol. The van der Waals surface area contributed by atoms with Crippen molar-refractivity contribution in [2.45, 2.75) is 49.8 Å². The normalized spacial score (nSPS) is 18.7. The van der Waals surface area contributed by atoms with Crippen molar-refractivity contribution < 1.29 is 5.11 Å². The third-order valence-corrected chi connectivity index (χ3v) is 6.41. The zero-order valence-electron chi connectivity index (χ0n) is 10.4. The zero-order chi connectivity index (χ0) is 13.0. The molecule has 2 nitrogen and oxygen atoms in total. The van der Waals surface area contributed by atoms with Crippen molar-refractivity contribution in [2.75, 3.05) is 0 Å². The molecule has 3 N–H and O–H groups in total. The van der Waals surface area contributed by atoms with Gasteiger partial charge in [0, 0.05) is 26.0 Å². The molecule has 0 fully saturated rings. The predicted octanol–water partition coefficient (Wildman–Crippen LogP) is 3.79. The number of hydrogen-bond donors (Lipinski definition) is 2. The minimum atomic E-state index is -0.310. The highest BCUT2D eigenvalue weighted by Gasteiger charge is 2.24. The maximum absolute atomic E-state index is 9.61. The molecular formula is C12H20BrNOS2. The van der Waals surface area contributed by atoms with E-state index in [0.29, 0.717) is 0 Å². The Morgan fingerprint density at radius 1 is 1.53 bits per heavy atom. The van der Waals surface area contributed by atoms with E-state index in [9.17, 15) is 5.11 Å². The monoisotopic (exact) mass is 337 g/mol. The van der Waals surface area contributed by atoms with Crippen LogP contribution in [0.3, 0.4) is 0 Å². The van der Waals surface area contributed by atoms with Crippen molar-refractivity contribution in [3.8, 4) is 0 Å². The van der Waals surface area contributed by atoms with Gasteiger partial charge in [0.05, 0.1) is 11.4 Å². The first kappa shape index (κ1) is 15.5. The molecule has 1 heterocycles. The molecule has 98 valence electrons. The van der Waals surface area contributed by atoms with Gasteiger partial charge in [0.2, 0.25) is 0 Å². The fraction of sp³-hybridized carbons (Fsp3) is 0.667. The molecule has 0 amide bonds. The number of aliphatic hydroxyl groups is 1. The van der Waals surface area contributed by atoms with E-state index in [1.54, 1.807) is 23.1 Å². The van der Waals surface area contributed by atoms with Crippen molar-refractivity contribution in [3.05, 3.63) is 20.8 Å². The molecule has 0 saturated heterocycles. The second kappa shape index (κ2) is 7.14. The third kappa shape index (κ3) is 4.56. The van der Waals surface area contributed by atoms with Crippen LogP contribution < -0.4 is 5.73 Å². The Bertz CT molecular complexity index is 343. The van der Waals surface area contributed by atoms with Gasteiger partial charge in [-0.15, -0.1) is 23.1 Å². The van der Waals surface area contributed by atoms with Gasteiger partial charge in [-0.1, -0.05) is 13.8 Å². The summed E-state index contributed by atoms with van der Waals surface area (Å²) < 4.78 is 1.11. The van der Waals surface area contributed by atoms with E-state index in [1.807, 2.05) is 13.8 Å². The molecule has 17 heavy (non-hydrogen) atoms. The van der Waals surface area contributed by atoms with Crippen molar-refractivity contribution in [1.82, 2.24) is 0 Å². The lowest BCUT2D eigenvalue weighted by molar-refractivity contribution is 0.196. The topological polar surface area (TPSA) is 46.2 Å². The highest BCUT2D eigenvalue weighted by Crippen LogP contribution is 2.40. The van der Waals surface area contributed by atoms with E-state index >= 15 is 0 Å². The van der Waals surface area contributed by atoms with Gasteiger partial charge in [-0.2, -0.15) is 0 Å². The molecule has 5 heteroatoms. The van der Waals surface area contributed by atoms with Gasteiger partial charge in [0.1, 0.15) is 0 Å². The van der Waals surface area contributed by atoms with Gasteiger partial charge in [0.15, 0.2) is 0 Å². The second-order valence-corrected chi connectivity index (χ2v) is 7.62. The van der Waals surface area contributed by atoms with Crippen LogP contribution in [0.2, 0.25) is 0 Å². The second-order valence-electron chi connectivity index (χ2n) is 4.24. The maximum atomic E-state index is 9.61. The molecule has 0 aliphatic rings. The standard InChI is InChI=1S/C12H20BrNOS2/c1-4-10(14)12(17-8(3)7(2)15)11-5-9(13)6-16-11/h5-8,10,12,15H,4,14H2,1-3H3. The van der Waals surface area contributed by atoms with E-state index < -0.39 is 0 Å². The summed E-state index contributed by atoms with van der Waals surface area (Å²) in [5.41, 5.74) is 6.20. The zero-order valence-corrected chi connectivity index (χ0v) is 13.6. The van der Waals surface area contributed by atoms with Gasteiger partial charge in [-0.3, -0.25) is 0 Å². The largest absolute Gasteiger partial charge is 0.392 e. The van der Waals surface area contributed by atoms with Gasteiger partial charge >= 0.3 is 0 Å². The predicted molar refractivity (Wildman–Crippen MR) is 81.8 cm³/mol. The molecule has 0 aliphatic heterocycles. The average Bonchev–Trinajstić information content (AvgIpc) is 2.70. The summed E-state index contributed by atoms with van der Waals surface area (Å²) >= 11 is 6.97. The molecule has 0 aromatic carbocycles. The van der Waals surface area contributed by atoms with Gasteiger partial charge in [-0.25, -0.2) is 0 Å². The first-order valence-electron chi connectivity index (χ1n) is 5.78. The van der Waals surface area contributed by atoms with E-state index in [0.717, 1.165) is 10.9 Å². The Balaban J connectivity index is 2.81. The summed E-state index contributed by atoms with van der Waals surface area (Å²) in [6.45, 7) is 5.98. The van der Waals surface area contributed by atoms with Crippen LogP contribution in [0, 0.1) is 0 Å². The minimum absolute atomic E-state index is 0.131. The number of aliphatic hydroxyl groups excluding tert-OH is 1. The third-order valence-electron chi connectivity index (χ3n) is 2.77. The van der Waals surface area contributed by atoms with Crippen LogP contribution in [0.1, 0.15) is 37.3 Å². The summed E-state index contributed by atoms with van der Waals surface area (Å²) in [5.74, 6) is 0. The van der Waals surface area contributed by atoms with E-state index in [-0.39, 0.29) is 22.6 Å². The molecule has 0 radical (unpaired) electrons. The summed E-state index contributed by atoms with van der Waals surface area (Å²) in [7, 11) is 0. The average molecular weight is 338 g/mol. The Labute approximate surface area is 120 Å². The smallest absolute Gasteiger partial charge is 0.0628 e. The van der Waals surface area contributed by atoms with Crippen LogP contribution in [0.25, 0.3) is 0 Å². The van der Waals surface area contributed by atoms with Crippen LogP contribution in [0.5, 0.6) is 0 Å². The Hall–Kier alpha value is 0.450. The number of rotatable bonds is 6.